The Morgan fingerprint density at radius 2 is 1.89 bits per heavy atom. The molecule has 2 heterocycles. The number of aromatic nitrogens is 3. The highest BCUT2D eigenvalue weighted by Gasteiger charge is 2.07. The fourth-order valence-corrected chi connectivity index (χ4v) is 2.51. The molecule has 0 amide bonds. The van der Waals surface area contributed by atoms with Crippen molar-refractivity contribution < 1.29 is 10.2 Å². The lowest BCUT2D eigenvalue weighted by molar-refractivity contribution is 0.405. The summed E-state index contributed by atoms with van der Waals surface area (Å²) in [5, 5.41) is 20.8. The Bertz CT molecular complexity index is 770. The first-order valence-corrected chi connectivity index (χ1v) is 6.21. The van der Waals surface area contributed by atoms with Gasteiger partial charge in [-0.25, -0.2) is 4.98 Å². The molecule has 2 aromatic heterocycles. The van der Waals surface area contributed by atoms with Gasteiger partial charge in [0.1, 0.15) is 0 Å². The summed E-state index contributed by atoms with van der Waals surface area (Å²) in [6.45, 7) is 0. The number of H-pyrrole nitrogens is 2. The highest BCUT2D eigenvalue weighted by Crippen LogP contribution is 2.33. The topological polar surface area (TPSA) is 102 Å². The van der Waals surface area contributed by atoms with Crippen molar-refractivity contribution in [3.05, 3.63) is 40.8 Å². The Morgan fingerprint density at radius 1 is 1.11 bits per heavy atom. The van der Waals surface area contributed by atoms with Crippen molar-refractivity contribution >= 4 is 22.7 Å². The molecule has 0 aliphatic carbocycles. The third-order valence-electron chi connectivity index (χ3n) is 2.55. The van der Waals surface area contributed by atoms with Gasteiger partial charge in [0.05, 0.1) is 10.5 Å². The number of nitrogens with one attached hydrogen (secondary N) is 2. The van der Waals surface area contributed by atoms with Crippen LogP contribution in [0.5, 0.6) is 11.5 Å². The Morgan fingerprint density at radius 3 is 2.68 bits per heavy atom. The van der Waals surface area contributed by atoms with E-state index < -0.39 is 0 Å². The number of phenols is 2. The second-order valence-electron chi connectivity index (χ2n) is 3.90. The van der Waals surface area contributed by atoms with E-state index in [1.54, 1.807) is 6.07 Å². The lowest BCUT2D eigenvalue weighted by atomic mass is 10.2. The van der Waals surface area contributed by atoms with Gasteiger partial charge < -0.3 is 20.2 Å². The molecule has 0 fully saturated rings. The van der Waals surface area contributed by atoms with Crippen LogP contribution in [0.1, 0.15) is 0 Å². The maximum Gasteiger partial charge on any atom is 0.251 e. The molecule has 3 aromatic rings. The molecule has 3 rings (SSSR count). The van der Waals surface area contributed by atoms with Gasteiger partial charge >= 0.3 is 0 Å². The standard InChI is InChI=1S/C12H9N3O3S/c16-8-3-6-4-11(14-7(6)5-9(8)17)19-12-13-2-1-10(18)15-12/h1-5,14,16-17H,(H,13,15,18). The number of hydrogen-bond acceptors (Lipinski definition) is 5. The quantitative estimate of drug-likeness (QED) is 0.422. The van der Waals surface area contributed by atoms with Crippen LogP contribution in [0.2, 0.25) is 0 Å². The number of hydrogen-bond donors (Lipinski definition) is 4. The van der Waals surface area contributed by atoms with E-state index in [-0.39, 0.29) is 17.1 Å². The van der Waals surface area contributed by atoms with Gasteiger partial charge in [-0.3, -0.25) is 4.79 Å². The minimum absolute atomic E-state index is 0.172. The summed E-state index contributed by atoms with van der Waals surface area (Å²) in [4.78, 5) is 20.8. The SMILES string of the molecule is O=c1ccnc(Sc2cc3cc(O)c(O)cc3[nH]2)[nH]1. The van der Waals surface area contributed by atoms with E-state index in [1.807, 2.05) is 0 Å². The summed E-state index contributed by atoms with van der Waals surface area (Å²) in [7, 11) is 0. The van der Waals surface area contributed by atoms with Gasteiger partial charge in [-0.15, -0.1) is 0 Å². The van der Waals surface area contributed by atoms with Crippen LogP contribution in [0, 0.1) is 0 Å². The monoisotopic (exact) mass is 275 g/mol. The van der Waals surface area contributed by atoms with Crippen molar-refractivity contribution in [1.82, 2.24) is 15.0 Å². The summed E-state index contributed by atoms with van der Waals surface area (Å²) in [5.41, 5.74) is 0.472. The Labute approximate surface area is 111 Å². The van der Waals surface area contributed by atoms with Crippen molar-refractivity contribution in [2.45, 2.75) is 10.2 Å². The van der Waals surface area contributed by atoms with Crippen LogP contribution in [-0.4, -0.2) is 25.2 Å². The number of nitrogens with zero attached hydrogens (tertiary/aromatic N) is 1. The molecule has 0 aliphatic heterocycles. The van der Waals surface area contributed by atoms with Crippen molar-refractivity contribution in [2.75, 3.05) is 0 Å². The Balaban J connectivity index is 2.00. The van der Waals surface area contributed by atoms with E-state index in [2.05, 4.69) is 15.0 Å². The van der Waals surface area contributed by atoms with E-state index in [9.17, 15) is 15.0 Å². The number of rotatable bonds is 2. The zero-order valence-electron chi connectivity index (χ0n) is 9.54. The molecule has 0 atom stereocenters. The zero-order valence-corrected chi connectivity index (χ0v) is 10.4. The largest absolute Gasteiger partial charge is 0.504 e. The molecule has 0 radical (unpaired) electrons. The Hall–Kier alpha value is -2.41. The van der Waals surface area contributed by atoms with Gasteiger partial charge in [-0.1, -0.05) is 0 Å². The predicted molar refractivity (Wildman–Crippen MR) is 70.6 cm³/mol. The van der Waals surface area contributed by atoms with E-state index >= 15 is 0 Å². The van der Waals surface area contributed by atoms with Crippen LogP contribution in [0.25, 0.3) is 10.9 Å². The molecule has 7 heteroatoms. The first-order valence-electron chi connectivity index (χ1n) is 5.40. The number of aromatic hydroxyl groups is 2. The van der Waals surface area contributed by atoms with Gasteiger partial charge in [-0.2, -0.15) is 0 Å². The molecule has 6 nitrogen and oxygen atoms in total. The van der Waals surface area contributed by atoms with Crippen LogP contribution in [-0.2, 0) is 0 Å². The number of aromatic amines is 2. The average molecular weight is 275 g/mol. The fourth-order valence-electron chi connectivity index (χ4n) is 1.69. The molecular weight excluding hydrogens is 266 g/mol. The first-order chi connectivity index (χ1) is 9.11. The molecule has 4 N–H and O–H groups in total. The minimum atomic E-state index is -0.219. The summed E-state index contributed by atoms with van der Waals surface area (Å²) in [6, 6.07) is 6.04. The molecule has 0 aliphatic rings. The van der Waals surface area contributed by atoms with Crippen LogP contribution in [0.4, 0.5) is 0 Å². The summed E-state index contributed by atoms with van der Waals surface area (Å²) < 4.78 is 0. The smallest absolute Gasteiger partial charge is 0.251 e. The molecule has 0 saturated heterocycles. The third-order valence-corrected chi connectivity index (χ3v) is 3.39. The van der Waals surface area contributed by atoms with E-state index in [4.69, 9.17) is 0 Å². The average Bonchev–Trinajstić information content (AvgIpc) is 2.71. The van der Waals surface area contributed by atoms with E-state index in [1.165, 1.54) is 36.2 Å². The minimum Gasteiger partial charge on any atom is -0.504 e. The van der Waals surface area contributed by atoms with Gasteiger partial charge in [-0.05, 0) is 23.9 Å². The zero-order chi connectivity index (χ0) is 13.4. The van der Waals surface area contributed by atoms with Crippen LogP contribution >= 0.6 is 11.8 Å². The number of benzene rings is 1. The van der Waals surface area contributed by atoms with Crippen LogP contribution in [0.3, 0.4) is 0 Å². The molecule has 0 bridgehead atoms. The normalized spacial score (nSPS) is 10.9. The lowest BCUT2D eigenvalue weighted by Gasteiger charge is -1.96. The van der Waals surface area contributed by atoms with Crippen molar-refractivity contribution in [1.29, 1.82) is 0 Å². The first kappa shape index (κ1) is 11.7. The third kappa shape index (κ3) is 2.27. The molecule has 0 saturated carbocycles. The van der Waals surface area contributed by atoms with Crippen LogP contribution < -0.4 is 5.56 Å². The second-order valence-corrected chi connectivity index (χ2v) is 4.93. The molecule has 96 valence electrons. The number of fused-ring (bicyclic) bond motifs is 1. The predicted octanol–water partition coefficient (Wildman–Crippen LogP) is 1.81. The number of phenolic OH excluding ortho intramolecular Hbond substituents is 2. The van der Waals surface area contributed by atoms with Gasteiger partial charge in [0.2, 0.25) is 0 Å². The highest BCUT2D eigenvalue weighted by molar-refractivity contribution is 7.99. The van der Waals surface area contributed by atoms with E-state index in [0.717, 1.165) is 10.4 Å². The second kappa shape index (κ2) is 4.36. The van der Waals surface area contributed by atoms with E-state index in [0.29, 0.717) is 10.7 Å². The lowest BCUT2D eigenvalue weighted by Crippen LogP contribution is -2.04. The van der Waals surface area contributed by atoms with Gasteiger partial charge in [0.25, 0.3) is 5.56 Å². The fraction of sp³-hybridized carbons (Fsp3) is 0. The Kier molecular flexibility index (Phi) is 2.68. The van der Waals surface area contributed by atoms with Gasteiger partial charge in [0, 0.05) is 23.7 Å². The van der Waals surface area contributed by atoms with Crippen molar-refractivity contribution in [3.63, 3.8) is 0 Å². The molecule has 19 heavy (non-hydrogen) atoms. The highest BCUT2D eigenvalue weighted by atomic mass is 32.2. The summed E-state index contributed by atoms with van der Waals surface area (Å²) in [5.74, 6) is -0.355. The molecule has 0 spiro atoms. The summed E-state index contributed by atoms with van der Waals surface area (Å²) in [6.07, 6.45) is 1.43. The molecule has 1 aromatic carbocycles. The molecule has 0 unspecified atom stereocenters. The maximum atomic E-state index is 11.2. The molecular formula is C12H9N3O3S. The van der Waals surface area contributed by atoms with Gasteiger partial charge in [0.15, 0.2) is 16.7 Å². The van der Waals surface area contributed by atoms with Crippen LogP contribution in [0.15, 0.2) is 45.4 Å². The maximum absolute atomic E-state index is 11.2. The van der Waals surface area contributed by atoms with Crippen molar-refractivity contribution in [3.8, 4) is 11.5 Å². The van der Waals surface area contributed by atoms with Crippen molar-refractivity contribution in [2.24, 2.45) is 0 Å². The summed E-state index contributed by atoms with van der Waals surface area (Å²) >= 11 is 1.25.